The molecule has 1 aliphatic rings. The minimum atomic E-state index is -3.71. The lowest BCUT2D eigenvalue weighted by Crippen LogP contribution is -2.42. The van der Waals surface area contributed by atoms with Crippen molar-refractivity contribution in [1.29, 1.82) is 0 Å². The number of aryl methyl sites for hydroxylation is 1. The maximum absolute atomic E-state index is 12.9. The van der Waals surface area contributed by atoms with E-state index in [2.05, 4.69) is 24.7 Å². The predicted octanol–water partition coefficient (Wildman–Crippen LogP) is 2.81. The lowest BCUT2D eigenvalue weighted by Gasteiger charge is -2.33. The Labute approximate surface area is 175 Å². The minimum Gasteiger partial charge on any atom is -0.390 e. The Balaban J connectivity index is 1.57. The fourth-order valence-electron chi connectivity index (χ4n) is 3.65. The first-order chi connectivity index (χ1) is 14.2. The first-order valence-corrected chi connectivity index (χ1v) is 11.4. The molecule has 30 heavy (non-hydrogen) atoms. The van der Waals surface area contributed by atoms with Crippen LogP contribution in [0.1, 0.15) is 38.3 Å². The Morgan fingerprint density at radius 3 is 2.60 bits per heavy atom. The molecule has 0 amide bonds. The zero-order valence-electron chi connectivity index (χ0n) is 17.0. The highest BCUT2D eigenvalue weighted by Gasteiger charge is 2.31. The summed E-state index contributed by atoms with van der Waals surface area (Å²) in [4.78, 5) is 16.0. The van der Waals surface area contributed by atoms with Crippen molar-refractivity contribution in [2.24, 2.45) is 0 Å². The molecule has 1 fully saturated rings. The third-order valence-electron chi connectivity index (χ3n) is 5.45. The van der Waals surface area contributed by atoms with Gasteiger partial charge in [0.25, 0.3) is 0 Å². The van der Waals surface area contributed by atoms with Gasteiger partial charge in [0.2, 0.25) is 10.0 Å². The number of hydrogen-bond donors (Lipinski definition) is 3. The molecular weight excluding hydrogens is 402 g/mol. The number of nitrogens with one attached hydrogen (secondary N) is 2. The van der Waals surface area contributed by atoms with Crippen molar-refractivity contribution in [3.05, 3.63) is 48.7 Å². The Bertz CT molecular complexity index is 1150. The molecule has 9 heteroatoms. The summed E-state index contributed by atoms with van der Waals surface area (Å²) in [6, 6.07) is 5.08. The average Bonchev–Trinajstić information content (AvgIpc) is 3.16. The molecule has 158 valence electrons. The Kier molecular flexibility index (Phi) is 5.44. The van der Waals surface area contributed by atoms with Crippen LogP contribution < -0.4 is 4.72 Å². The highest BCUT2D eigenvalue weighted by molar-refractivity contribution is 7.89. The minimum absolute atomic E-state index is 0.115. The van der Waals surface area contributed by atoms with Crippen LogP contribution in [0.15, 0.2) is 47.9 Å². The molecule has 0 aromatic carbocycles. The summed E-state index contributed by atoms with van der Waals surface area (Å²) >= 11 is 0. The van der Waals surface area contributed by atoms with Crippen LogP contribution in [0.3, 0.4) is 0 Å². The van der Waals surface area contributed by atoms with Crippen molar-refractivity contribution >= 4 is 10.0 Å². The van der Waals surface area contributed by atoms with Crippen LogP contribution in [-0.4, -0.2) is 45.1 Å². The maximum Gasteiger partial charge on any atom is 0.242 e. The van der Waals surface area contributed by atoms with Gasteiger partial charge in [0.05, 0.1) is 5.60 Å². The SMILES string of the molecule is Cc1cnc(-c2cc(-c3cncc(S(=O)(=O)N[C@H]4CC[C@](C)(O)CC4)c3)ccn2)[nH]1. The molecule has 0 bridgehead atoms. The second kappa shape index (κ2) is 7.90. The summed E-state index contributed by atoms with van der Waals surface area (Å²) in [6.07, 6.45) is 8.73. The average molecular weight is 428 g/mol. The molecule has 0 unspecified atom stereocenters. The number of aromatic nitrogens is 4. The second-order valence-electron chi connectivity index (χ2n) is 8.15. The van der Waals surface area contributed by atoms with Crippen molar-refractivity contribution in [3.8, 4) is 22.6 Å². The first kappa shape index (κ1) is 20.6. The first-order valence-electron chi connectivity index (χ1n) is 9.90. The molecule has 3 aromatic heterocycles. The van der Waals surface area contributed by atoms with E-state index in [1.54, 1.807) is 31.6 Å². The predicted molar refractivity (Wildman–Crippen MR) is 113 cm³/mol. The van der Waals surface area contributed by atoms with E-state index in [1.165, 1.54) is 6.20 Å². The molecule has 0 spiro atoms. The summed E-state index contributed by atoms with van der Waals surface area (Å²) in [5.74, 6) is 0.654. The number of aliphatic hydroxyl groups is 1. The Hall–Kier alpha value is -2.62. The van der Waals surface area contributed by atoms with Gasteiger partial charge in [-0.15, -0.1) is 0 Å². The van der Waals surface area contributed by atoms with Gasteiger partial charge in [-0.25, -0.2) is 18.1 Å². The number of rotatable bonds is 5. The summed E-state index contributed by atoms with van der Waals surface area (Å²) in [5, 5.41) is 10.1. The van der Waals surface area contributed by atoms with Crippen molar-refractivity contribution in [2.75, 3.05) is 0 Å². The number of imidazole rings is 1. The van der Waals surface area contributed by atoms with Crippen molar-refractivity contribution < 1.29 is 13.5 Å². The zero-order chi connectivity index (χ0) is 21.4. The maximum atomic E-state index is 12.9. The van der Waals surface area contributed by atoms with Gasteiger partial charge in [-0.3, -0.25) is 9.97 Å². The summed E-state index contributed by atoms with van der Waals surface area (Å²) in [6.45, 7) is 3.71. The highest BCUT2D eigenvalue weighted by atomic mass is 32.2. The van der Waals surface area contributed by atoms with Crippen molar-refractivity contribution in [2.45, 2.75) is 56.1 Å². The van der Waals surface area contributed by atoms with Gasteiger partial charge in [0, 0.05) is 42.1 Å². The van der Waals surface area contributed by atoms with Gasteiger partial charge in [-0.1, -0.05) is 0 Å². The topological polar surface area (TPSA) is 121 Å². The van der Waals surface area contributed by atoms with Crippen LogP contribution >= 0.6 is 0 Å². The monoisotopic (exact) mass is 427 g/mol. The van der Waals surface area contributed by atoms with Crippen LogP contribution in [0.4, 0.5) is 0 Å². The van der Waals surface area contributed by atoms with Gasteiger partial charge in [0.15, 0.2) is 5.82 Å². The van der Waals surface area contributed by atoms with E-state index < -0.39 is 15.6 Å². The number of hydrogen-bond acceptors (Lipinski definition) is 6. The van der Waals surface area contributed by atoms with Gasteiger partial charge < -0.3 is 10.1 Å². The molecule has 0 radical (unpaired) electrons. The molecular formula is C21H25N5O3S. The zero-order valence-corrected chi connectivity index (χ0v) is 17.8. The fraction of sp³-hybridized carbons (Fsp3) is 0.381. The quantitative estimate of drug-likeness (QED) is 0.576. The number of sulfonamides is 1. The number of nitrogens with zero attached hydrogens (tertiary/aromatic N) is 3. The smallest absolute Gasteiger partial charge is 0.242 e. The van der Waals surface area contributed by atoms with E-state index in [-0.39, 0.29) is 10.9 Å². The van der Waals surface area contributed by atoms with E-state index in [9.17, 15) is 13.5 Å². The number of aromatic amines is 1. The van der Waals surface area contributed by atoms with Crippen LogP contribution in [0.5, 0.6) is 0 Å². The fourth-order valence-corrected chi connectivity index (χ4v) is 4.94. The molecule has 0 saturated heterocycles. The van der Waals surface area contributed by atoms with Gasteiger partial charge in [-0.2, -0.15) is 0 Å². The normalized spacial score (nSPS) is 22.2. The molecule has 0 aliphatic heterocycles. The standard InChI is InChI=1S/C21H25N5O3S/c1-14-11-24-20(25-14)19-10-15(5-8-23-19)16-9-18(13-22-12-16)30(28,29)26-17-3-6-21(2,27)7-4-17/h5,8-13,17,26-27H,3-4,6-7H2,1-2H3,(H,24,25)/t17-,21-. The van der Waals surface area contributed by atoms with Crippen LogP contribution in [0.25, 0.3) is 22.6 Å². The lowest BCUT2D eigenvalue weighted by atomic mass is 9.84. The van der Waals surface area contributed by atoms with Gasteiger partial charge in [-0.05, 0) is 63.3 Å². The van der Waals surface area contributed by atoms with E-state index in [1.807, 2.05) is 19.1 Å². The molecule has 8 nitrogen and oxygen atoms in total. The molecule has 4 rings (SSSR count). The molecule has 1 saturated carbocycles. The largest absolute Gasteiger partial charge is 0.390 e. The van der Waals surface area contributed by atoms with Gasteiger partial charge >= 0.3 is 0 Å². The highest BCUT2D eigenvalue weighted by Crippen LogP contribution is 2.29. The van der Waals surface area contributed by atoms with E-state index in [4.69, 9.17) is 0 Å². The summed E-state index contributed by atoms with van der Waals surface area (Å²) in [7, 11) is -3.71. The van der Waals surface area contributed by atoms with Gasteiger partial charge in [0.1, 0.15) is 10.6 Å². The van der Waals surface area contributed by atoms with E-state index in [0.717, 1.165) is 11.3 Å². The third kappa shape index (κ3) is 4.58. The molecule has 3 heterocycles. The Morgan fingerprint density at radius 2 is 1.90 bits per heavy atom. The second-order valence-corrected chi connectivity index (χ2v) is 9.86. The molecule has 0 atom stereocenters. The van der Waals surface area contributed by atoms with Crippen LogP contribution in [0.2, 0.25) is 0 Å². The van der Waals surface area contributed by atoms with Crippen LogP contribution in [-0.2, 0) is 10.0 Å². The summed E-state index contributed by atoms with van der Waals surface area (Å²) < 4.78 is 28.6. The van der Waals surface area contributed by atoms with E-state index >= 15 is 0 Å². The summed E-state index contributed by atoms with van der Waals surface area (Å²) in [5.41, 5.74) is 2.36. The Morgan fingerprint density at radius 1 is 1.13 bits per heavy atom. The van der Waals surface area contributed by atoms with E-state index in [0.29, 0.717) is 42.8 Å². The number of pyridine rings is 2. The van der Waals surface area contributed by atoms with Crippen LogP contribution in [0, 0.1) is 6.92 Å². The number of H-pyrrole nitrogens is 1. The third-order valence-corrected chi connectivity index (χ3v) is 6.93. The molecule has 3 N–H and O–H groups in total. The van der Waals surface area contributed by atoms with Crippen molar-refractivity contribution in [3.63, 3.8) is 0 Å². The molecule has 3 aromatic rings. The molecule has 1 aliphatic carbocycles. The lowest BCUT2D eigenvalue weighted by molar-refractivity contribution is 0.0163. The van der Waals surface area contributed by atoms with Crippen molar-refractivity contribution in [1.82, 2.24) is 24.7 Å².